The van der Waals surface area contributed by atoms with Gasteiger partial charge in [0.25, 0.3) is 5.91 Å². The molecule has 0 saturated carbocycles. The molecule has 4 aromatic rings. The second kappa shape index (κ2) is 8.92. The highest BCUT2D eigenvalue weighted by atomic mass is 32.1. The van der Waals surface area contributed by atoms with E-state index in [1.165, 1.54) is 23.2 Å². The summed E-state index contributed by atoms with van der Waals surface area (Å²) in [6, 6.07) is 15.8. The van der Waals surface area contributed by atoms with Crippen LogP contribution < -0.4 is 14.8 Å². The number of aromatic nitrogens is 2. The largest absolute Gasteiger partial charge is 0.496 e. The number of amides is 1. The number of hydrogen-bond acceptors (Lipinski definition) is 6. The first-order valence-corrected chi connectivity index (χ1v) is 10.3. The molecule has 0 unspecified atom stereocenters. The van der Waals surface area contributed by atoms with Crippen molar-refractivity contribution in [3.8, 4) is 22.8 Å². The number of hydrogen-bond donors (Lipinski definition) is 1. The third-order valence-electron chi connectivity index (χ3n) is 4.71. The fourth-order valence-electron chi connectivity index (χ4n) is 3.13. The van der Waals surface area contributed by atoms with Gasteiger partial charge in [-0.1, -0.05) is 48.0 Å². The van der Waals surface area contributed by atoms with Gasteiger partial charge in [0.2, 0.25) is 5.88 Å². The average Bonchev–Trinajstić information content (AvgIpc) is 3.22. The Morgan fingerprint density at radius 1 is 1.10 bits per heavy atom. The summed E-state index contributed by atoms with van der Waals surface area (Å²) in [6.07, 6.45) is 1.46. The Labute approximate surface area is 178 Å². The number of thiophene rings is 1. The first kappa shape index (κ1) is 19.8. The van der Waals surface area contributed by atoms with Crippen molar-refractivity contribution >= 4 is 27.5 Å². The van der Waals surface area contributed by atoms with Gasteiger partial charge in [-0.15, -0.1) is 11.3 Å². The van der Waals surface area contributed by atoms with Gasteiger partial charge in [-0.2, -0.15) is 0 Å². The highest BCUT2D eigenvalue weighted by Gasteiger charge is 2.15. The molecule has 1 N–H and O–H groups in total. The second-order valence-corrected chi connectivity index (χ2v) is 7.61. The number of nitrogens with one attached hydrogen (secondary N) is 1. The van der Waals surface area contributed by atoms with Crippen LogP contribution in [0.25, 0.3) is 21.3 Å². The molecule has 6 nitrogen and oxygen atoms in total. The maximum atomic E-state index is 12.3. The van der Waals surface area contributed by atoms with E-state index in [1.807, 2.05) is 29.6 Å². The van der Waals surface area contributed by atoms with Crippen LogP contribution in [0.5, 0.6) is 11.6 Å². The minimum absolute atomic E-state index is 0.134. The topological polar surface area (TPSA) is 73.3 Å². The van der Waals surface area contributed by atoms with Crippen molar-refractivity contribution in [1.82, 2.24) is 15.3 Å². The Morgan fingerprint density at radius 3 is 2.70 bits per heavy atom. The molecule has 0 saturated heterocycles. The number of aryl methyl sites for hydroxylation is 1. The Kier molecular flexibility index (Phi) is 5.90. The first-order chi connectivity index (χ1) is 14.7. The van der Waals surface area contributed by atoms with Crippen LogP contribution in [-0.2, 0) is 11.3 Å². The molecule has 0 radical (unpaired) electrons. The molecule has 0 fully saturated rings. The van der Waals surface area contributed by atoms with Gasteiger partial charge in [0.05, 0.1) is 12.5 Å². The number of carbonyl (C=O) groups is 1. The van der Waals surface area contributed by atoms with Crippen molar-refractivity contribution in [3.05, 3.63) is 71.4 Å². The van der Waals surface area contributed by atoms with E-state index in [4.69, 9.17) is 9.47 Å². The molecular weight excluding hydrogens is 398 g/mol. The zero-order valence-corrected chi connectivity index (χ0v) is 17.5. The van der Waals surface area contributed by atoms with Crippen LogP contribution in [0.2, 0.25) is 0 Å². The minimum atomic E-state index is -0.236. The van der Waals surface area contributed by atoms with Crippen LogP contribution in [0.4, 0.5) is 0 Å². The van der Waals surface area contributed by atoms with Crippen LogP contribution in [0.1, 0.15) is 11.1 Å². The molecule has 4 rings (SSSR count). The zero-order chi connectivity index (χ0) is 20.9. The third-order valence-corrected chi connectivity index (χ3v) is 5.59. The molecule has 0 atom stereocenters. The van der Waals surface area contributed by atoms with Crippen molar-refractivity contribution < 1.29 is 14.3 Å². The lowest BCUT2D eigenvalue weighted by Crippen LogP contribution is -2.28. The quantitative estimate of drug-likeness (QED) is 0.482. The highest BCUT2D eigenvalue weighted by Crippen LogP contribution is 2.37. The van der Waals surface area contributed by atoms with Crippen molar-refractivity contribution in [3.63, 3.8) is 0 Å². The molecule has 2 aromatic heterocycles. The van der Waals surface area contributed by atoms with E-state index in [2.05, 4.69) is 46.5 Å². The van der Waals surface area contributed by atoms with E-state index in [0.717, 1.165) is 32.7 Å². The summed E-state index contributed by atoms with van der Waals surface area (Å²) < 4.78 is 11.1. The number of fused-ring (bicyclic) bond motifs is 1. The van der Waals surface area contributed by atoms with Crippen LogP contribution in [0, 0.1) is 6.92 Å². The zero-order valence-electron chi connectivity index (χ0n) is 16.7. The Morgan fingerprint density at radius 2 is 1.90 bits per heavy atom. The van der Waals surface area contributed by atoms with Gasteiger partial charge in [-0.05, 0) is 18.6 Å². The maximum Gasteiger partial charge on any atom is 0.258 e. The third kappa shape index (κ3) is 4.26. The summed E-state index contributed by atoms with van der Waals surface area (Å²) >= 11 is 1.53. The SMILES string of the molecule is COc1ccccc1CNC(=O)COc1ncnc2scc(-c3ccc(C)cc3)c12. The fraction of sp³-hybridized carbons (Fsp3) is 0.174. The molecule has 1 amide bonds. The average molecular weight is 420 g/mol. The van der Waals surface area contributed by atoms with Crippen molar-refractivity contribution in [2.75, 3.05) is 13.7 Å². The number of ether oxygens (including phenoxy) is 2. The molecule has 152 valence electrons. The van der Waals surface area contributed by atoms with Gasteiger partial charge < -0.3 is 14.8 Å². The summed E-state index contributed by atoms with van der Waals surface area (Å²) in [5, 5.41) is 5.72. The molecule has 0 bridgehead atoms. The van der Waals surface area contributed by atoms with Gasteiger partial charge in [0.1, 0.15) is 16.9 Å². The second-order valence-electron chi connectivity index (χ2n) is 6.75. The monoisotopic (exact) mass is 419 g/mol. The highest BCUT2D eigenvalue weighted by molar-refractivity contribution is 7.17. The van der Waals surface area contributed by atoms with Crippen molar-refractivity contribution in [2.45, 2.75) is 13.5 Å². The van der Waals surface area contributed by atoms with Crippen LogP contribution in [0.3, 0.4) is 0 Å². The van der Waals surface area contributed by atoms with Crippen LogP contribution in [-0.4, -0.2) is 29.6 Å². The van der Waals surface area contributed by atoms with E-state index >= 15 is 0 Å². The molecule has 7 heteroatoms. The van der Waals surface area contributed by atoms with E-state index in [9.17, 15) is 4.79 Å². The maximum absolute atomic E-state index is 12.3. The number of nitrogens with zero attached hydrogens (tertiary/aromatic N) is 2. The number of methoxy groups -OCH3 is 1. The lowest BCUT2D eigenvalue weighted by atomic mass is 10.0. The van der Waals surface area contributed by atoms with Crippen molar-refractivity contribution in [1.29, 1.82) is 0 Å². The molecule has 0 aliphatic heterocycles. The van der Waals surface area contributed by atoms with Gasteiger partial charge in [-0.3, -0.25) is 4.79 Å². The summed E-state index contributed by atoms with van der Waals surface area (Å²) in [7, 11) is 1.61. The van der Waals surface area contributed by atoms with E-state index in [1.54, 1.807) is 7.11 Å². The van der Waals surface area contributed by atoms with Crippen LogP contribution >= 0.6 is 11.3 Å². The predicted octanol–water partition coefficient (Wildman–Crippen LogP) is 4.37. The first-order valence-electron chi connectivity index (χ1n) is 9.46. The molecular formula is C23H21N3O3S. The normalized spacial score (nSPS) is 10.7. The van der Waals surface area contributed by atoms with E-state index < -0.39 is 0 Å². The summed E-state index contributed by atoms with van der Waals surface area (Å²) in [6.45, 7) is 2.28. The number of benzene rings is 2. The lowest BCUT2D eigenvalue weighted by molar-refractivity contribution is -0.123. The molecule has 2 aromatic carbocycles. The van der Waals surface area contributed by atoms with Crippen LogP contribution in [0.15, 0.2) is 60.2 Å². The lowest BCUT2D eigenvalue weighted by Gasteiger charge is -2.11. The fourth-order valence-corrected chi connectivity index (χ4v) is 4.04. The number of para-hydroxylation sites is 1. The summed E-state index contributed by atoms with van der Waals surface area (Å²) in [4.78, 5) is 21.8. The van der Waals surface area contributed by atoms with Gasteiger partial charge in [0, 0.05) is 23.1 Å². The van der Waals surface area contributed by atoms with Gasteiger partial charge >= 0.3 is 0 Å². The Hall–Kier alpha value is -3.45. The number of carbonyl (C=O) groups excluding carboxylic acids is 1. The Bertz CT molecular complexity index is 1170. The molecule has 0 spiro atoms. The predicted molar refractivity (Wildman–Crippen MR) is 118 cm³/mol. The molecule has 0 aliphatic rings. The molecule has 0 aliphatic carbocycles. The standard InChI is InChI=1S/C23H21N3O3S/c1-15-7-9-16(10-8-15)18-13-30-23-21(18)22(25-14-26-23)29-12-20(27)24-11-17-5-3-4-6-19(17)28-2/h3-10,13-14H,11-12H2,1-2H3,(H,24,27). The summed E-state index contributed by atoms with van der Waals surface area (Å²) in [5.41, 5.74) is 4.15. The molecule has 30 heavy (non-hydrogen) atoms. The van der Waals surface area contributed by atoms with E-state index in [0.29, 0.717) is 12.4 Å². The number of rotatable bonds is 7. The van der Waals surface area contributed by atoms with E-state index in [-0.39, 0.29) is 12.5 Å². The van der Waals surface area contributed by atoms with Gasteiger partial charge in [-0.25, -0.2) is 9.97 Å². The summed E-state index contributed by atoms with van der Waals surface area (Å²) in [5.74, 6) is 0.904. The van der Waals surface area contributed by atoms with Crippen molar-refractivity contribution in [2.24, 2.45) is 0 Å². The smallest absolute Gasteiger partial charge is 0.258 e. The molecule has 2 heterocycles. The minimum Gasteiger partial charge on any atom is -0.496 e. The van der Waals surface area contributed by atoms with Gasteiger partial charge in [0.15, 0.2) is 6.61 Å². The Balaban J connectivity index is 1.48.